The lowest BCUT2D eigenvalue weighted by Gasteiger charge is -2.47. The zero-order valence-electron chi connectivity index (χ0n) is 18.4. The van der Waals surface area contributed by atoms with E-state index in [1.807, 2.05) is 12.2 Å². The molecular formula is C22H26O10. The summed E-state index contributed by atoms with van der Waals surface area (Å²) in [6, 6.07) is 0. The predicted molar refractivity (Wildman–Crippen MR) is 105 cm³/mol. The molecule has 0 aromatic rings. The molecule has 6 atom stereocenters. The van der Waals surface area contributed by atoms with E-state index in [1.54, 1.807) is 0 Å². The molecule has 0 aliphatic heterocycles. The van der Waals surface area contributed by atoms with Gasteiger partial charge in [0.25, 0.3) is 0 Å². The van der Waals surface area contributed by atoms with Crippen molar-refractivity contribution in [1.29, 1.82) is 0 Å². The molecule has 0 aromatic heterocycles. The lowest BCUT2D eigenvalue weighted by molar-refractivity contribution is -0.170. The molecule has 0 aromatic carbocycles. The maximum atomic E-state index is 13.7. The van der Waals surface area contributed by atoms with E-state index in [0.717, 1.165) is 28.4 Å². The lowest BCUT2D eigenvalue weighted by Crippen LogP contribution is -2.52. The number of carbonyl (C=O) groups is 6. The summed E-state index contributed by atoms with van der Waals surface area (Å²) in [6.07, 6.45) is 4.22. The van der Waals surface area contributed by atoms with Crippen LogP contribution < -0.4 is 0 Å². The monoisotopic (exact) mass is 450 g/mol. The summed E-state index contributed by atoms with van der Waals surface area (Å²) < 4.78 is 19.6. The first kappa shape index (κ1) is 23.6. The average molecular weight is 450 g/mol. The van der Waals surface area contributed by atoms with Crippen LogP contribution in [0.2, 0.25) is 0 Å². The van der Waals surface area contributed by atoms with Gasteiger partial charge < -0.3 is 18.9 Å². The van der Waals surface area contributed by atoms with Crippen molar-refractivity contribution in [2.45, 2.75) is 25.7 Å². The fourth-order valence-corrected chi connectivity index (χ4v) is 6.46. The fraction of sp³-hybridized carbons (Fsp3) is 0.636. The number of hydrogen-bond acceptors (Lipinski definition) is 10. The molecule has 3 rings (SSSR count). The van der Waals surface area contributed by atoms with E-state index in [2.05, 4.69) is 0 Å². The third-order valence-electron chi connectivity index (χ3n) is 7.43. The molecule has 2 fully saturated rings. The summed E-state index contributed by atoms with van der Waals surface area (Å²) >= 11 is 0. The fourth-order valence-electron chi connectivity index (χ4n) is 6.46. The third kappa shape index (κ3) is 2.77. The third-order valence-corrected chi connectivity index (χ3v) is 7.43. The van der Waals surface area contributed by atoms with E-state index in [1.165, 1.54) is 0 Å². The Bertz CT molecular complexity index is 776. The van der Waals surface area contributed by atoms with Crippen molar-refractivity contribution in [3.05, 3.63) is 12.2 Å². The van der Waals surface area contributed by atoms with Gasteiger partial charge in [-0.15, -0.1) is 0 Å². The first-order chi connectivity index (χ1) is 15.2. The molecule has 10 nitrogen and oxygen atoms in total. The van der Waals surface area contributed by atoms with Crippen LogP contribution in [-0.2, 0) is 47.7 Å². The van der Waals surface area contributed by atoms with E-state index < -0.39 is 69.9 Å². The maximum absolute atomic E-state index is 13.7. The van der Waals surface area contributed by atoms with Crippen LogP contribution in [0.5, 0.6) is 0 Å². The van der Waals surface area contributed by atoms with Gasteiger partial charge >= 0.3 is 23.9 Å². The van der Waals surface area contributed by atoms with E-state index in [-0.39, 0.29) is 12.8 Å². The van der Waals surface area contributed by atoms with E-state index >= 15 is 0 Å². The summed E-state index contributed by atoms with van der Waals surface area (Å²) in [5.74, 6) is -12.1. The Morgan fingerprint density at radius 3 is 1.09 bits per heavy atom. The van der Waals surface area contributed by atoms with Gasteiger partial charge in [0.1, 0.15) is 23.7 Å². The number of allylic oxidation sites excluding steroid dienone is 2. The number of ether oxygens (including phenoxy) is 4. The first-order valence-corrected chi connectivity index (χ1v) is 10.2. The van der Waals surface area contributed by atoms with E-state index in [0.29, 0.717) is 12.8 Å². The van der Waals surface area contributed by atoms with Crippen LogP contribution in [0.1, 0.15) is 25.7 Å². The van der Waals surface area contributed by atoms with Gasteiger partial charge in [-0.05, 0) is 25.7 Å². The molecule has 10 heteroatoms. The number of carbonyl (C=O) groups excluding carboxylic acids is 6. The Morgan fingerprint density at radius 2 is 0.875 bits per heavy atom. The molecule has 0 saturated heterocycles. The maximum Gasteiger partial charge on any atom is 0.316 e. The Morgan fingerprint density at radius 1 is 0.625 bits per heavy atom. The Balaban J connectivity index is 2.49. The van der Waals surface area contributed by atoms with Crippen LogP contribution in [0.3, 0.4) is 0 Å². The quantitative estimate of drug-likeness (QED) is 0.256. The molecule has 3 aliphatic carbocycles. The second-order valence-electron chi connectivity index (χ2n) is 8.26. The minimum absolute atomic E-state index is 0.00149. The second kappa shape index (κ2) is 8.48. The summed E-state index contributed by atoms with van der Waals surface area (Å²) in [7, 11) is 4.29. The molecule has 32 heavy (non-hydrogen) atoms. The largest absolute Gasteiger partial charge is 0.468 e. The predicted octanol–water partition coefficient (Wildman–Crippen LogP) is 0.412. The Labute approximate surface area is 184 Å². The highest BCUT2D eigenvalue weighted by atomic mass is 16.5. The Hall–Kier alpha value is -3.04. The number of Topliss-reactive ketones (excluding diaryl/α,β-unsaturated/α-hetero) is 2. The van der Waals surface area contributed by atoms with Crippen LogP contribution in [0, 0.1) is 34.5 Å². The SMILES string of the molecule is COC(=O)[C@@H]1C(=O)[C@@H](C(=O)OC)C23CC/C=C\CCC12[C@H](C(=O)OC)C(=O)[C@@H]3C(=O)OC. The van der Waals surface area contributed by atoms with Gasteiger partial charge in [-0.1, -0.05) is 12.2 Å². The van der Waals surface area contributed by atoms with E-state index in [4.69, 9.17) is 18.9 Å². The molecule has 0 bridgehead atoms. The molecule has 2 saturated carbocycles. The standard InChI is InChI=1S/C22H26O10/c1-29-17(25)11-15(23)12(18(26)30-2)22-10-8-6-5-7-9-21(11,22)13(19(27)31-3)16(24)14(22)20(28)32-4/h5-6,11-14H,7-10H2,1-4H3/b6-5-/t11-,12-,13-,14+,21?,22?/m0/s1. The molecule has 0 radical (unpaired) electrons. The van der Waals surface area contributed by atoms with Gasteiger partial charge in [0.05, 0.1) is 28.4 Å². The van der Waals surface area contributed by atoms with Gasteiger partial charge in [0.15, 0.2) is 11.6 Å². The first-order valence-electron chi connectivity index (χ1n) is 10.2. The van der Waals surface area contributed by atoms with Crippen LogP contribution in [0.4, 0.5) is 0 Å². The van der Waals surface area contributed by atoms with Crippen molar-refractivity contribution in [2.75, 3.05) is 28.4 Å². The highest BCUT2D eigenvalue weighted by molar-refractivity contribution is 6.20. The molecule has 174 valence electrons. The highest BCUT2D eigenvalue weighted by Crippen LogP contribution is 2.74. The van der Waals surface area contributed by atoms with Crippen LogP contribution >= 0.6 is 0 Å². The normalized spacial score (nSPS) is 36.8. The molecule has 3 aliphatic rings. The summed E-state index contributed by atoms with van der Waals surface area (Å²) in [4.78, 5) is 79.3. The Kier molecular flexibility index (Phi) is 6.26. The van der Waals surface area contributed by atoms with Gasteiger partial charge in [0.2, 0.25) is 0 Å². The highest BCUT2D eigenvalue weighted by Gasteiger charge is 2.85. The molecule has 0 amide bonds. The zero-order chi connectivity index (χ0) is 23.8. The van der Waals surface area contributed by atoms with Crippen molar-refractivity contribution in [3.63, 3.8) is 0 Å². The van der Waals surface area contributed by atoms with Crippen LogP contribution in [0.25, 0.3) is 0 Å². The van der Waals surface area contributed by atoms with Crippen LogP contribution in [-0.4, -0.2) is 63.9 Å². The minimum atomic E-state index is -1.72. The van der Waals surface area contributed by atoms with Crippen molar-refractivity contribution in [1.82, 2.24) is 0 Å². The van der Waals surface area contributed by atoms with Crippen molar-refractivity contribution < 1.29 is 47.7 Å². The van der Waals surface area contributed by atoms with Crippen LogP contribution in [0.15, 0.2) is 12.2 Å². The molecule has 0 N–H and O–H groups in total. The zero-order valence-corrected chi connectivity index (χ0v) is 18.4. The van der Waals surface area contributed by atoms with Crippen molar-refractivity contribution >= 4 is 35.4 Å². The summed E-state index contributed by atoms with van der Waals surface area (Å²) in [6.45, 7) is 0. The van der Waals surface area contributed by atoms with E-state index in [9.17, 15) is 28.8 Å². The lowest BCUT2D eigenvalue weighted by atomic mass is 9.53. The van der Waals surface area contributed by atoms with Crippen molar-refractivity contribution in [2.24, 2.45) is 34.5 Å². The molecule has 0 spiro atoms. The molecular weight excluding hydrogens is 424 g/mol. The number of methoxy groups -OCH3 is 4. The smallest absolute Gasteiger partial charge is 0.316 e. The van der Waals surface area contributed by atoms with Gasteiger partial charge in [-0.25, -0.2) is 0 Å². The topological polar surface area (TPSA) is 139 Å². The van der Waals surface area contributed by atoms with Gasteiger partial charge in [0, 0.05) is 10.8 Å². The number of esters is 4. The summed E-state index contributed by atoms with van der Waals surface area (Å²) in [5, 5.41) is 0. The second-order valence-corrected chi connectivity index (χ2v) is 8.26. The number of rotatable bonds is 4. The number of hydrogen-bond donors (Lipinski definition) is 0. The average Bonchev–Trinajstić information content (AvgIpc) is 3.09. The minimum Gasteiger partial charge on any atom is -0.468 e. The van der Waals surface area contributed by atoms with Gasteiger partial charge in [-0.2, -0.15) is 0 Å². The van der Waals surface area contributed by atoms with Gasteiger partial charge in [-0.3, -0.25) is 28.8 Å². The number of ketones is 2. The molecule has 0 heterocycles. The molecule has 2 unspecified atom stereocenters. The van der Waals surface area contributed by atoms with Crippen molar-refractivity contribution in [3.8, 4) is 0 Å². The summed E-state index contributed by atoms with van der Waals surface area (Å²) in [5.41, 5.74) is -3.44.